The number of rotatable bonds is 1. The van der Waals surface area contributed by atoms with Crippen LogP contribution >= 0.6 is 0 Å². The number of anilines is 1. The third-order valence-corrected chi connectivity index (χ3v) is 4.25. The van der Waals surface area contributed by atoms with E-state index in [1.165, 1.54) is 41.6 Å². The van der Waals surface area contributed by atoms with Crippen LogP contribution in [0.3, 0.4) is 0 Å². The molecule has 3 aromatic rings. The van der Waals surface area contributed by atoms with Gasteiger partial charge >= 0.3 is 0 Å². The van der Waals surface area contributed by atoms with E-state index in [4.69, 9.17) is 0 Å². The number of aryl methyl sites for hydroxylation is 1. The maximum Gasteiger partial charge on any atom is 0.162 e. The molecule has 0 fully saturated rings. The molecule has 0 bridgehead atoms. The average Bonchev–Trinajstić information content (AvgIpc) is 2.84. The van der Waals surface area contributed by atoms with Crippen molar-refractivity contribution in [2.45, 2.75) is 19.9 Å². The third-order valence-electron chi connectivity index (χ3n) is 4.25. The highest BCUT2D eigenvalue weighted by molar-refractivity contribution is 5.94. The van der Waals surface area contributed by atoms with E-state index in [-0.39, 0.29) is 11.3 Å². The second-order valence-corrected chi connectivity index (χ2v) is 5.96. The van der Waals surface area contributed by atoms with Crippen molar-refractivity contribution in [1.29, 1.82) is 0 Å². The van der Waals surface area contributed by atoms with Crippen molar-refractivity contribution in [2.24, 2.45) is 7.05 Å². The van der Waals surface area contributed by atoms with Gasteiger partial charge in [0.05, 0.1) is 11.8 Å². The normalized spacial score (nSPS) is 12.0. The van der Waals surface area contributed by atoms with E-state index in [1.54, 1.807) is 12.1 Å². The number of Topliss-reactive ketones (excluding diaryl/α,β-unsaturated/α-hetero) is 1. The summed E-state index contributed by atoms with van der Waals surface area (Å²) in [6, 6.07) is 14.4. The van der Waals surface area contributed by atoms with Crippen molar-refractivity contribution in [3.8, 4) is 0 Å². The number of carbonyl (C=O) groups is 1. The van der Waals surface area contributed by atoms with Gasteiger partial charge in [0.15, 0.2) is 5.78 Å². The Kier molecular flexibility index (Phi) is 4.93. The summed E-state index contributed by atoms with van der Waals surface area (Å²) in [5.41, 5.74) is 5.36. The molecule has 25 heavy (non-hydrogen) atoms. The van der Waals surface area contributed by atoms with Gasteiger partial charge in [0.25, 0.3) is 0 Å². The molecule has 5 heteroatoms. The highest BCUT2D eigenvalue weighted by atomic mass is 19.1. The second kappa shape index (κ2) is 7.30. The number of para-hydroxylation sites is 1. The fourth-order valence-electron chi connectivity index (χ4n) is 2.85. The van der Waals surface area contributed by atoms with E-state index < -0.39 is 5.82 Å². The lowest BCUT2D eigenvalue weighted by molar-refractivity contribution is 0.101. The lowest BCUT2D eigenvalue weighted by Gasteiger charge is -2.06. The molecule has 0 saturated heterocycles. The molecule has 2 heterocycles. The molecule has 0 spiro atoms. The Bertz CT molecular complexity index is 901. The molecular weight excluding hydrogens is 317 g/mol. The number of hydrogen-bond acceptors (Lipinski definition) is 3. The first-order chi connectivity index (χ1) is 12.1. The summed E-state index contributed by atoms with van der Waals surface area (Å²) in [4.78, 5) is 10.6. The van der Waals surface area contributed by atoms with Gasteiger partial charge in [0.1, 0.15) is 5.82 Å². The summed E-state index contributed by atoms with van der Waals surface area (Å²) in [5.74, 6) is -0.687. The van der Waals surface area contributed by atoms with Crippen LogP contribution in [0.4, 0.5) is 10.1 Å². The number of hydrogen-bond donors (Lipinski definition) is 1. The van der Waals surface area contributed by atoms with Crippen LogP contribution in [0.25, 0.3) is 0 Å². The molecule has 0 saturated carbocycles. The van der Waals surface area contributed by atoms with E-state index in [0.717, 1.165) is 13.0 Å². The second-order valence-electron chi connectivity index (χ2n) is 5.96. The highest BCUT2D eigenvalue weighted by Gasteiger charge is 2.15. The van der Waals surface area contributed by atoms with Gasteiger partial charge in [0, 0.05) is 37.0 Å². The zero-order valence-corrected chi connectivity index (χ0v) is 14.3. The topological polar surface area (TPSA) is 46.9 Å². The minimum atomic E-state index is -0.449. The smallest absolute Gasteiger partial charge is 0.162 e. The van der Waals surface area contributed by atoms with Crippen LogP contribution in [0.2, 0.25) is 0 Å². The molecule has 1 aliphatic heterocycles. The molecule has 0 aliphatic carbocycles. The van der Waals surface area contributed by atoms with Gasteiger partial charge in [-0.15, -0.1) is 0 Å². The first kappa shape index (κ1) is 16.9. The van der Waals surface area contributed by atoms with E-state index in [1.807, 2.05) is 17.9 Å². The van der Waals surface area contributed by atoms with Crippen molar-refractivity contribution in [2.75, 3.05) is 5.32 Å². The highest BCUT2D eigenvalue weighted by Crippen LogP contribution is 2.25. The Morgan fingerprint density at radius 1 is 1.12 bits per heavy atom. The van der Waals surface area contributed by atoms with Gasteiger partial charge in [-0.3, -0.25) is 9.48 Å². The zero-order chi connectivity index (χ0) is 17.8. The molecule has 2 aromatic carbocycles. The van der Waals surface area contributed by atoms with Crippen LogP contribution in [0, 0.1) is 5.82 Å². The SMILES string of the molecule is CC(=O)c1ccccc1F.Cn1ncc2c1Cc1ccccc1NC2. The summed E-state index contributed by atoms with van der Waals surface area (Å²) in [6.45, 7) is 2.22. The van der Waals surface area contributed by atoms with Crippen LogP contribution in [-0.4, -0.2) is 15.6 Å². The van der Waals surface area contributed by atoms with Crippen LogP contribution in [0.15, 0.2) is 54.7 Å². The number of nitrogens with one attached hydrogen (secondary N) is 1. The van der Waals surface area contributed by atoms with E-state index in [9.17, 15) is 9.18 Å². The zero-order valence-electron chi connectivity index (χ0n) is 14.3. The van der Waals surface area contributed by atoms with Gasteiger partial charge in [-0.1, -0.05) is 30.3 Å². The molecule has 4 nitrogen and oxygen atoms in total. The molecule has 0 unspecified atom stereocenters. The van der Waals surface area contributed by atoms with E-state index >= 15 is 0 Å². The monoisotopic (exact) mass is 337 g/mol. The van der Waals surface area contributed by atoms with Crippen molar-refractivity contribution in [3.63, 3.8) is 0 Å². The summed E-state index contributed by atoms with van der Waals surface area (Å²) in [5, 5.41) is 7.73. The number of nitrogens with zero attached hydrogens (tertiary/aromatic N) is 2. The lowest BCUT2D eigenvalue weighted by atomic mass is 10.1. The average molecular weight is 337 g/mol. The van der Waals surface area contributed by atoms with Gasteiger partial charge in [-0.2, -0.15) is 5.10 Å². The Hall–Kier alpha value is -2.95. The summed E-state index contributed by atoms with van der Waals surface area (Å²) < 4.78 is 14.6. The first-order valence-corrected chi connectivity index (χ1v) is 8.13. The molecule has 0 atom stereocenters. The van der Waals surface area contributed by atoms with Crippen molar-refractivity contribution >= 4 is 11.5 Å². The Labute approximate surface area is 146 Å². The molecule has 128 valence electrons. The molecule has 1 N–H and O–H groups in total. The van der Waals surface area contributed by atoms with Crippen LogP contribution in [0.1, 0.15) is 34.1 Å². The van der Waals surface area contributed by atoms with E-state index in [0.29, 0.717) is 0 Å². The maximum atomic E-state index is 12.6. The summed E-state index contributed by atoms with van der Waals surface area (Å²) >= 11 is 0. The van der Waals surface area contributed by atoms with Crippen LogP contribution in [0.5, 0.6) is 0 Å². The van der Waals surface area contributed by atoms with Gasteiger partial charge in [0.2, 0.25) is 0 Å². The van der Waals surface area contributed by atoms with Crippen LogP contribution < -0.4 is 5.32 Å². The van der Waals surface area contributed by atoms with Gasteiger partial charge in [-0.25, -0.2) is 4.39 Å². The maximum absolute atomic E-state index is 12.6. The number of fused-ring (bicyclic) bond motifs is 2. The minimum absolute atomic E-state index is 0.155. The number of carbonyl (C=O) groups excluding carboxylic acids is 1. The first-order valence-electron chi connectivity index (χ1n) is 8.13. The van der Waals surface area contributed by atoms with E-state index in [2.05, 4.69) is 34.7 Å². The van der Waals surface area contributed by atoms with Gasteiger partial charge in [-0.05, 0) is 30.7 Å². The molecule has 0 amide bonds. The van der Waals surface area contributed by atoms with Gasteiger partial charge < -0.3 is 5.32 Å². The third kappa shape index (κ3) is 3.76. The Morgan fingerprint density at radius 2 is 1.84 bits per heavy atom. The number of halogens is 1. The molecule has 1 aliphatic rings. The largest absolute Gasteiger partial charge is 0.381 e. The predicted molar refractivity (Wildman–Crippen MR) is 96.2 cm³/mol. The number of aromatic nitrogens is 2. The summed E-state index contributed by atoms with van der Waals surface area (Å²) in [6.07, 6.45) is 2.92. The number of ketones is 1. The molecule has 4 rings (SSSR count). The Balaban J connectivity index is 0.000000160. The van der Waals surface area contributed by atoms with Crippen molar-refractivity contribution in [1.82, 2.24) is 9.78 Å². The quantitative estimate of drug-likeness (QED) is 0.684. The summed E-state index contributed by atoms with van der Waals surface area (Å²) in [7, 11) is 2.01. The van der Waals surface area contributed by atoms with Crippen LogP contribution in [-0.2, 0) is 20.0 Å². The lowest BCUT2D eigenvalue weighted by Crippen LogP contribution is -2.00. The fourth-order valence-corrected chi connectivity index (χ4v) is 2.85. The molecule has 0 radical (unpaired) electrons. The standard InChI is InChI=1S/C12H13N3.C8H7FO/c1-15-12-6-9-4-2-3-5-11(9)13-7-10(12)8-14-15;1-6(10)7-4-2-3-5-8(7)9/h2-5,8,13H,6-7H2,1H3;2-5H,1H3. The molecular formula is C20H20FN3O. The van der Waals surface area contributed by atoms with Crippen molar-refractivity contribution in [3.05, 3.63) is 82.9 Å². The number of benzene rings is 2. The fraction of sp³-hybridized carbons (Fsp3) is 0.200. The predicted octanol–water partition coefficient (Wildman–Crippen LogP) is 3.96. The van der Waals surface area contributed by atoms with Crippen molar-refractivity contribution < 1.29 is 9.18 Å². The molecule has 1 aromatic heterocycles. The minimum Gasteiger partial charge on any atom is -0.381 e. The Morgan fingerprint density at radius 3 is 2.56 bits per heavy atom.